The van der Waals surface area contributed by atoms with E-state index < -0.39 is 0 Å². The Balaban J connectivity index is 2.65. The first-order valence-electron chi connectivity index (χ1n) is 5.15. The lowest BCUT2D eigenvalue weighted by atomic mass is 10.1. The first-order chi connectivity index (χ1) is 7.65. The van der Waals surface area contributed by atoms with Crippen LogP contribution in [0.2, 0.25) is 0 Å². The van der Waals surface area contributed by atoms with Crippen molar-refractivity contribution in [3.63, 3.8) is 0 Å². The molecule has 0 aliphatic heterocycles. The number of hydrogen-bond donors (Lipinski definition) is 2. The fraction of sp³-hybridized carbons (Fsp3) is 0.364. The molecule has 0 aliphatic rings. The number of pyridine rings is 1. The average Bonchev–Trinajstić information content (AvgIpc) is 2.29. The Morgan fingerprint density at radius 3 is 2.69 bits per heavy atom. The summed E-state index contributed by atoms with van der Waals surface area (Å²) in [5.41, 5.74) is 6.12. The molecule has 3 N–H and O–H groups in total. The van der Waals surface area contributed by atoms with Gasteiger partial charge in [-0.2, -0.15) is 0 Å². The zero-order valence-electron chi connectivity index (χ0n) is 9.14. The average molecular weight is 237 g/mol. The fourth-order valence-electron chi connectivity index (χ4n) is 1.32. The summed E-state index contributed by atoms with van der Waals surface area (Å²) in [6.45, 7) is 2.02. The molecule has 86 valence electrons. The van der Waals surface area contributed by atoms with Crippen molar-refractivity contribution in [1.29, 1.82) is 0 Å². The third kappa shape index (κ3) is 3.58. The number of aromatic nitrogens is 1. The van der Waals surface area contributed by atoms with Crippen LogP contribution in [0.25, 0.3) is 0 Å². The lowest BCUT2D eigenvalue weighted by molar-refractivity contribution is 0.0945. The highest BCUT2D eigenvalue weighted by atomic mass is 32.1. The maximum Gasteiger partial charge on any atom is 0.251 e. The standard InChI is InChI=1S/C11H15N3OS/c1-2-3-9(10(12)16)14-11(15)8-4-6-13-7-5-8/h4-7,9H,2-3H2,1H3,(H2,12,16)(H,14,15). The van der Waals surface area contributed by atoms with Crippen LogP contribution in [0.4, 0.5) is 0 Å². The van der Waals surface area contributed by atoms with Gasteiger partial charge in [-0.1, -0.05) is 25.6 Å². The first-order valence-corrected chi connectivity index (χ1v) is 5.56. The van der Waals surface area contributed by atoms with Gasteiger partial charge in [0.2, 0.25) is 0 Å². The molecule has 16 heavy (non-hydrogen) atoms. The van der Waals surface area contributed by atoms with Crippen LogP contribution in [0.3, 0.4) is 0 Å². The molecular formula is C11H15N3OS. The van der Waals surface area contributed by atoms with Crippen molar-refractivity contribution in [2.45, 2.75) is 25.8 Å². The van der Waals surface area contributed by atoms with E-state index in [1.807, 2.05) is 6.92 Å². The summed E-state index contributed by atoms with van der Waals surface area (Å²) in [6, 6.07) is 3.07. The molecule has 0 saturated heterocycles. The van der Waals surface area contributed by atoms with Gasteiger partial charge in [-0.25, -0.2) is 0 Å². The highest BCUT2D eigenvalue weighted by Gasteiger charge is 2.14. The minimum absolute atomic E-state index is 0.173. The number of nitrogens with zero attached hydrogens (tertiary/aromatic N) is 1. The van der Waals surface area contributed by atoms with Crippen molar-refractivity contribution in [2.75, 3.05) is 0 Å². The van der Waals surface area contributed by atoms with Crippen molar-refractivity contribution >= 4 is 23.1 Å². The highest BCUT2D eigenvalue weighted by molar-refractivity contribution is 7.80. The third-order valence-corrected chi connectivity index (χ3v) is 2.45. The molecule has 1 amide bonds. The Bertz CT molecular complexity index is 367. The Morgan fingerprint density at radius 2 is 2.19 bits per heavy atom. The van der Waals surface area contributed by atoms with Crippen molar-refractivity contribution in [2.24, 2.45) is 5.73 Å². The largest absolute Gasteiger partial charge is 0.392 e. The van der Waals surface area contributed by atoms with Crippen LogP contribution in [0.5, 0.6) is 0 Å². The topological polar surface area (TPSA) is 68.0 Å². The van der Waals surface area contributed by atoms with Crippen LogP contribution in [0, 0.1) is 0 Å². The molecule has 0 aliphatic carbocycles. The molecule has 5 heteroatoms. The van der Waals surface area contributed by atoms with E-state index in [9.17, 15) is 4.79 Å². The Morgan fingerprint density at radius 1 is 1.56 bits per heavy atom. The van der Waals surface area contributed by atoms with Crippen LogP contribution < -0.4 is 11.1 Å². The normalized spacial score (nSPS) is 11.8. The number of thiocarbonyl (C=S) groups is 1. The van der Waals surface area contributed by atoms with Gasteiger partial charge in [0.05, 0.1) is 11.0 Å². The maximum atomic E-state index is 11.8. The Hall–Kier alpha value is -1.49. The second kappa shape index (κ2) is 6.17. The summed E-state index contributed by atoms with van der Waals surface area (Å²) in [5.74, 6) is -0.173. The van der Waals surface area contributed by atoms with E-state index in [0.29, 0.717) is 10.6 Å². The van der Waals surface area contributed by atoms with Crippen molar-refractivity contribution < 1.29 is 4.79 Å². The second-order valence-corrected chi connectivity index (χ2v) is 3.92. The molecule has 4 nitrogen and oxygen atoms in total. The molecule has 1 aromatic rings. The Labute approximate surface area is 100 Å². The van der Waals surface area contributed by atoms with E-state index in [2.05, 4.69) is 10.3 Å². The Kier molecular flexibility index (Phi) is 4.85. The SMILES string of the molecule is CCCC(NC(=O)c1ccncc1)C(N)=S. The molecular weight excluding hydrogens is 222 g/mol. The molecule has 1 aromatic heterocycles. The van der Waals surface area contributed by atoms with E-state index in [4.69, 9.17) is 18.0 Å². The monoisotopic (exact) mass is 237 g/mol. The van der Waals surface area contributed by atoms with Gasteiger partial charge in [-0.15, -0.1) is 0 Å². The number of hydrogen-bond acceptors (Lipinski definition) is 3. The second-order valence-electron chi connectivity index (χ2n) is 3.45. The predicted octanol–water partition coefficient (Wildman–Crippen LogP) is 1.27. The zero-order chi connectivity index (χ0) is 12.0. The minimum atomic E-state index is -0.235. The zero-order valence-corrected chi connectivity index (χ0v) is 9.96. The van der Waals surface area contributed by atoms with Crippen LogP contribution >= 0.6 is 12.2 Å². The quantitative estimate of drug-likeness (QED) is 0.757. The van der Waals surface area contributed by atoms with Gasteiger partial charge in [-0.05, 0) is 18.6 Å². The maximum absolute atomic E-state index is 11.8. The number of rotatable bonds is 5. The van der Waals surface area contributed by atoms with Gasteiger partial charge in [0.15, 0.2) is 0 Å². The van der Waals surface area contributed by atoms with Crippen LogP contribution in [0.15, 0.2) is 24.5 Å². The summed E-state index contributed by atoms with van der Waals surface area (Å²) in [4.78, 5) is 16.0. The van der Waals surface area contributed by atoms with Crippen molar-refractivity contribution in [3.05, 3.63) is 30.1 Å². The van der Waals surface area contributed by atoms with E-state index in [1.54, 1.807) is 24.5 Å². The molecule has 1 heterocycles. The molecule has 1 atom stereocenters. The van der Waals surface area contributed by atoms with Crippen LogP contribution in [-0.4, -0.2) is 21.9 Å². The third-order valence-electron chi connectivity index (χ3n) is 2.17. The lowest BCUT2D eigenvalue weighted by Gasteiger charge is -2.16. The molecule has 0 radical (unpaired) electrons. The van der Waals surface area contributed by atoms with E-state index in [-0.39, 0.29) is 11.9 Å². The summed E-state index contributed by atoms with van der Waals surface area (Å²) in [6.07, 6.45) is 4.82. The van der Waals surface area contributed by atoms with Crippen molar-refractivity contribution in [3.8, 4) is 0 Å². The number of carbonyl (C=O) groups is 1. The van der Waals surface area contributed by atoms with Gasteiger partial charge in [0.1, 0.15) is 0 Å². The van der Waals surface area contributed by atoms with Gasteiger partial charge < -0.3 is 11.1 Å². The summed E-state index contributed by atoms with van der Waals surface area (Å²) in [7, 11) is 0. The van der Waals surface area contributed by atoms with E-state index in [1.165, 1.54) is 0 Å². The number of carbonyl (C=O) groups excluding carboxylic acids is 1. The predicted molar refractivity (Wildman–Crippen MR) is 67.2 cm³/mol. The number of nitrogens with two attached hydrogens (primary N) is 1. The first kappa shape index (κ1) is 12.6. The smallest absolute Gasteiger partial charge is 0.251 e. The summed E-state index contributed by atoms with van der Waals surface area (Å²) < 4.78 is 0. The van der Waals surface area contributed by atoms with Gasteiger partial charge in [-0.3, -0.25) is 9.78 Å². The van der Waals surface area contributed by atoms with Gasteiger partial charge in [0, 0.05) is 18.0 Å². The molecule has 1 rings (SSSR count). The molecule has 0 bridgehead atoms. The van der Waals surface area contributed by atoms with Gasteiger partial charge in [0.25, 0.3) is 5.91 Å². The number of nitrogens with one attached hydrogen (secondary N) is 1. The molecule has 0 spiro atoms. The molecule has 0 fully saturated rings. The fourth-order valence-corrected chi connectivity index (χ4v) is 1.50. The highest BCUT2D eigenvalue weighted by Crippen LogP contribution is 2.01. The summed E-state index contributed by atoms with van der Waals surface area (Å²) in [5, 5.41) is 2.80. The van der Waals surface area contributed by atoms with Crippen LogP contribution in [-0.2, 0) is 0 Å². The lowest BCUT2D eigenvalue weighted by Crippen LogP contribution is -2.43. The minimum Gasteiger partial charge on any atom is -0.392 e. The summed E-state index contributed by atoms with van der Waals surface area (Å²) >= 11 is 4.90. The van der Waals surface area contributed by atoms with Gasteiger partial charge >= 0.3 is 0 Å². The molecule has 0 saturated carbocycles. The van der Waals surface area contributed by atoms with Crippen molar-refractivity contribution in [1.82, 2.24) is 10.3 Å². The van der Waals surface area contributed by atoms with E-state index in [0.717, 1.165) is 12.8 Å². The van der Waals surface area contributed by atoms with E-state index >= 15 is 0 Å². The molecule has 0 aromatic carbocycles. The molecule has 1 unspecified atom stereocenters. The van der Waals surface area contributed by atoms with Crippen LogP contribution in [0.1, 0.15) is 30.1 Å². The number of amides is 1.